The van der Waals surface area contributed by atoms with Gasteiger partial charge in [0.05, 0.1) is 6.54 Å². The fraction of sp³-hybridized carbons (Fsp3) is 0.214. The normalized spacial score (nSPS) is 11.5. The molecule has 2 N–H and O–H groups in total. The van der Waals surface area contributed by atoms with Crippen LogP contribution in [0.15, 0.2) is 33.1 Å². The van der Waals surface area contributed by atoms with Crippen LogP contribution >= 0.6 is 11.3 Å². The van der Waals surface area contributed by atoms with Gasteiger partial charge in [0.25, 0.3) is 10.0 Å². The summed E-state index contributed by atoms with van der Waals surface area (Å²) in [5.41, 5.74) is 1.77. The third-order valence-corrected chi connectivity index (χ3v) is 5.79. The fourth-order valence-electron chi connectivity index (χ4n) is 2.00. The molecular formula is C14H14N6O4S2. The van der Waals surface area contributed by atoms with Crippen molar-refractivity contribution in [2.75, 3.05) is 5.32 Å². The smallest absolute Gasteiger partial charge is 0.270 e. The second-order valence-corrected chi connectivity index (χ2v) is 8.12. The van der Waals surface area contributed by atoms with Gasteiger partial charge in [-0.05, 0) is 12.5 Å². The molecular weight excluding hydrogens is 380 g/mol. The molecule has 0 fully saturated rings. The molecule has 0 bridgehead atoms. The lowest BCUT2D eigenvalue weighted by Crippen LogP contribution is -2.23. The van der Waals surface area contributed by atoms with Gasteiger partial charge in [-0.25, -0.2) is 8.42 Å². The zero-order valence-corrected chi connectivity index (χ0v) is 15.4. The van der Waals surface area contributed by atoms with E-state index in [1.807, 2.05) is 31.2 Å². The number of nitrogens with zero attached hydrogens (tertiary/aromatic N) is 4. The van der Waals surface area contributed by atoms with Gasteiger partial charge in [0, 0.05) is 12.5 Å². The molecule has 0 aliphatic carbocycles. The van der Waals surface area contributed by atoms with Crippen molar-refractivity contribution in [1.29, 1.82) is 0 Å². The number of aromatic nitrogens is 4. The van der Waals surface area contributed by atoms with Gasteiger partial charge in [0.2, 0.25) is 27.1 Å². The number of aryl methyl sites for hydroxylation is 1. The minimum atomic E-state index is -3.92. The Morgan fingerprint density at radius 1 is 1.27 bits per heavy atom. The zero-order chi connectivity index (χ0) is 18.7. The molecule has 0 unspecified atom stereocenters. The van der Waals surface area contributed by atoms with Crippen LogP contribution in [0, 0.1) is 6.92 Å². The van der Waals surface area contributed by atoms with E-state index in [2.05, 4.69) is 30.4 Å². The van der Waals surface area contributed by atoms with Crippen molar-refractivity contribution >= 4 is 32.4 Å². The highest BCUT2D eigenvalue weighted by atomic mass is 32.2. The number of sulfonamides is 1. The van der Waals surface area contributed by atoms with Crippen molar-refractivity contribution in [3.8, 4) is 11.4 Å². The van der Waals surface area contributed by atoms with Crippen LogP contribution < -0.4 is 10.0 Å². The van der Waals surface area contributed by atoms with Crippen molar-refractivity contribution in [1.82, 2.24) is 25.1 Å². The molecule has 3 aromatic rings. The number of hydrogen-bond donors (Lipinski definition) is 2. The molecule has 26 heavy (non-hydrogen) atoms. The molecule has 0 saturated heterocycles. The number of carbonyl (C=O) groups is 1. The predicted octanol–water partition coefficient (Wildman–Crippen LogP) is 1.33. The SMILES string of the molecule is CC(=O)Nc1nnc(S(=O)(=O)NCc2nc(-c3ccccc3C)no2)s1. The first-order valence-corrected chi connectivity index (χ1v) is 9.64. The van der Waals surface area contributed by atoms with Gasteiger partial charge in [-0.2, -0.15) is 9.71 Å². The van der Waals surface area contributed by atoms with E-state index in [4.69, 9.17) is 4.52 Å². The summed E-state index contributed by atoms with van der Waals surface area (Å²) in [4.78, 5) is 15.1. The van der Waals surface area contributed by atoms with Crippen LogP contribution in [-0.2, 0) is 21.4 Å². The number of rotatable bonds is 6. The molecule has 3 rings (SSSR count). The molecule has 136 valence electrons. The first-order chi connectivity index (χ1) is 12.3. The predicted molar refractivity (Wildman–Crippen MR) is 92.7 cm³/mol. The van der Waals surface area contributed by atoms with Gasteiger partial charge >= 0.3 is 0 Å². The Balaban J connectivity index is 1.70. The number of hydrogen-bond acceptors (Lipinski definition) is 9. The highest BCUT2D eigenvalue weighted by molar-refractivity contribution is 7.91. The van der Waals surface area contributed by atoms with Crippen LogP contribution in [0.5, 0.6) is 0 Å². The summed E-state index contributed by atoms with van der Waals surface area (Å²) in [6, 6.07) is 7.50. The topological polar surface area (TPSA) is 140 Å². The van der Waals surface area contributed by atoms with E-state index in [1.165, 1.54) is 6.92 Å². The molecule has 0 aliphatic heterocycles. The first kappa shape index (κ1) is 18.1. The van der Waals surface area contributed by atoms with Crippen LogP contribution in [0.3, 0.4) is 0 Å². The minimum Gasteiger partial charge on any atom is -0.338 e. The fourth-order valence-corrected chi connectivity index (χ4v) is 3.96. The molecule has 10 nitrogen and oxygen atoms in total. The second-order valence-electron chi connectivity index (χ2n) is 5.21. The van der Waals surface area contributed by atoms with Crippen LogP contribution in [0.4, 0.5) is 5.13 Å². The van der Waals surface area contributed by atoms with Crippen LogP contribution in [0.2, 0.25) is 0 Å². The summed E-state index contributed by atoms with van der Waals surface area (Å²) in [6.45, 7) is 3.00. The first-order valence-electron chi connectivity index (χ1n) is 7.34. The van der Waals surface area contributed by atoms with E-state index in [0.29, 0.717) is 5.82 Å². The van der Waals surface area contributed by atoms with Crippen LogP contribution in [-0.4, -0.2) is 34.7 Å². The Hall–Kier alpha value is -2.70. The monoisotopic (exact) mass is 394 g/mol. The summed E-state index contributed by atoms with van der Waals surface area (Å²) in [5.74, 6) is 0.118. The second kappa shape index (κ2) is 7.27. The quantitative estimate of drug-likeness (QED) is 0.597. The molecule has 0 aliphatic rings. The molecule has 2 aromatic heterocycles. The molecule has 1 aromatic carbocycles. The van der Waals surface area contributed by atoms with E-state index >= 15 is 0 Å². The van der Waals surface area contributed by atoms with E-state index in [-0.39, 0.29) is 27.8 Å². The van der Waals surface area contributed by atoms with Gasteiger partial charge in [-0.3, -0.25) is 4.79 Å². The van der Waals surface area contributed by atoms with Gasteiger partial charge in [0.1, 0.15) is 0 Å². The van der Waals surface area contributed by atoms with Crippen molar-refractivity contribution in [2.24, 2.45) is 0 Å². The lowest BCUT2D eigenvalue weighted by Gasteiger charge is -1.99. The van der Waals surface area contributed by atoms with Crippen molar-refractivity contribution in [3.63, 3.8) is 0 Å². The third-order valence-electron chi connectivity index (χ3n) is 3.19. The van der Waals surface area contributed by atoms with Gasteiger partial charge < -0.3 is 9.84 Å². The largest absolute Gasteiger partial charge is 0.338 e. The molecule has 2 heterocycles. The minimum absolute atomic E-state index is 0.0949. The maximum Gasteiger partial charge on any atom is 0.270 e. The van der Waals surface area contributed by atoms with E-state index in [1.54, 1.807) is 0 Å². The van der Waals surface area contributed by atoms with E-state index in [9.17, 15) is 13.2 Å². The van der Waals surface area contributed by atoms with Gasteiger partial charge in [-0.15, -0.1) is 10.2 Å². The summed E-state index contributed by atoms with van der Waals surface area (Å²) in [7, 11) is -3.92. The number of benzene rings is 1. The summed E-state index contributed by atoms with van der Waals surface area (Å²) in [5, 5.41) is 13.5. The number of amides is 1. The lowest BCUT2D eigenvalue weighted by molar-refractivity contribution is -0.114. The maximum absolute atomic E-state index is 12.2. The Bertz CT molecular complexity index is 1040. The van der Waals surface area contributed by atoms with Crippen molar-refractivity contribution in [2.45, 2.75) is 24.7 Å². The summed E-state index contributed by atoms with van der Waals surface area (Å²) < 4.78 is 31.6. The average Bonchev–Trinajstić information content (AvgIpc) is 3.23. The van der Waals surface area contributed by atoms with Gasteiger partial charge in [-0.1, -0.05) is 40.8 Å². The molecule has 0 saturated carbocycles. The molecule has 0 spiro atoms. The number of anilines is 1. The number of carbonyl (C=O) groups excluding carboxylic acids is 1. The molecule has 1 amide bonds. The highest BCUT2D eigenvalue weighted by Crippen LogP contribution is 2.21. The molecule has 12 heteroatoms. The Labute approximate surface area is 152 Å². The van der Waals surface area contributed by atoms with Crippen LogP contribution in [0.1, 0.15) is 18.4 Å². The van der Waals surface area contributed by atoms with Gasteiger partial charge in [0.15, 0.2) is 0 Å². The summed E-state index contributed by atoms with van der Waals surface area (Å²) in [6.07, 6.45) is 0. The molecule has 0 atom stereocenters. The van der Waals surface area contributed by atoms with E-state index < -0.39 is 10.0 Å². The Morgan fingerprint density at radius 3 is 2.77 bits per heavy atom. The van der Waals surface area contributed by atoms with E-state index in [0.717, 1.165) is 22.5 Å². The maximum atomic E-state index is 12.2. The Morgan fingerprint density at radius 2 is 2.04 bits per heavy atom. The lowest BCUT2D eigenvalue weighted by atomic mass is 10.1. The standard InChI is InChI=1S/C14H14N6O4S2/c1-8-5-3-4-6-10(8)12-17-11(24-20-12)7-15-26(22,23)14-19-18-13(25-14)16-9(2)21/h3-6,15H,7H2,1-2H3,(H,16,18,21). The zero-order valence-electron chi connectivity index (χ0n) is 13.8. The van der Waals surface area contributed by atoms with Crippen molar-refractivity contribution < 1.29 is 17.7 Å². The van der Waals surface area contributed by atoms with Crippen molar-refractivity contribution in [3.05, 3.63) is 35.7 Å². The molecule has 0 radical (unpaired) electrons. The Kier molecular flexibility index (Phi) is 5.06. The number of nitrogens with one attached hydrogen (secondary N) is 2. The average molecular weight is 394 g/mol. The van der Waals surface area contributed by atoms with Crippen LogP contribution in [0.25, 0.3) is 11.4 Å². The summed E-state index contributed by atoms with van der Waals surface area (Å²) >= 11 is 0.736. The third kappa shape index (κ3) is 4.09. The highest BCUT2D eigenvalue weighted by Gasteiger charge is 2.22.